The van der Waals surface area contributed by atoms with Crippen LogP contribution in [0.3, 0.4) is 0 Å². The molecule has 3 rings (SSSR count). The summed E-state index contributed by atoms with van der Waals surface area (Å²) in [4.78, 5) is 7.27. The number of anilines is 1. The third kappa shape index (κ3) is 2.98. The molecule has 3 nitrogen and oxygen atoms in total. The molecule has 0 bridgehead atoms. The van der Waals surface area contributed by atoms with E-state index in [2.05, 4.69) is 36.2 Å². The van der Waals surface area contributed by atoms with Crippen LogP contribution in [0.2, 0.25) is 0 Å². The number of pyridine rings is 1. The largest absolute Gasteiger partial charge is 0.353 e. The normalized spacial score (nSPS) is 26.1. The SMILES string of the molecule is CC(C)NCc1ccc(N2CCC3CCCCC32)nc1. The molecule has 2 fully saturated rings. The maximum Gasteiger partial charge on any atom is 0.128 e. The zero-order valence-electron chi connectivity index (χ0n) is 12.8. The second-order valence-electron chi connectivity index (χ2n) is 6.65. The van der Waals surface area contributed by atoms with Gasteiger partial charge in [-0.25, -0.2) is 4.98 Å². The van der Waals surface area contributed by atoms with Gasteiger partial charge in [0.25, 0.3) is 0 Å². The molecule has 20 heavy (non-hydrogen) atoms. The standard InChI is InChI=1S/C17H27N3/c1-13(2)18-11-14-7-8-17(19-12-14)20-10-9-15-5-3-4-6-16(15)20/h7-8,12-13,15-16,18H,3-6,9-11H2,1-2H3. The van der Waals surface area contributed by atoms with Gasteiger partial charge in [0.05, 0.1) is 0 Å². The Morgan fingerprint density at radius 2 is 2.10 bits per heavy atom. The van der Waals surface area contributed by atoms with Crippen LogP contribution in [-0.2, 0) is 6.54 Å². The van der Waals surface area contributed by atoms with Gasteiger partial charge in [0, 0.05) is 31.4 Å². The highest BCUT2D eigenvalue weighted by molar-refractivity contribution is 5.42. The van der Waals surface area contributed by atoms with Gasteiger partial charge in [-0.2, -0.15) is 0 Å². The molecule has 0 spiro atoms. The Labute approximate surface area is 122 Å². The Morgan fingerprint density at radius 1 is 1.25 bits per heavy atom. The Kier molecular flexibility index (Phi) is 4.25. The van der Waals surface area contributed by atoms with Gasteiger partial charge in [-0.05, 0) is 36.8 Å². The van der Waals surface area contributed by atoms with Gasteiger partial charge in [0.15, 0.2) is 0 Å². The number of nitrogens with one attached hydrogen (secondary N) is 1. The molecule has 1 aliphatic heterocycles. The summed E-state index contributed by atoms with van der Waals surface area (Å²) < 4.78 is 0. The molecule has 1 aromatic heterocycles. The van der Waals surface area contributed by atoms with E-state index in [-0.39, 0.29) is 0 Å². The van der Waals surface area contributed by atoms with Crippen molar-refractivity contribution in [2.45, 2.75) is 64.6 Å². The molecule has 2 heterocycles. The van der Waals surface area contributed by atoms with E-state index >= 15 is 0 Å². The lowest BCUT2D eigenvalue weighted by atomic mass is 9.85. The van der Waals surface area contributed by atoms with E-state index in [1.165, 1.54) is 50.0 Å². The van der Waals surface area contributed by atoms with E-state index < -0.39 is 0 Å². The van der Waals surface area contributed by atoms with Gasteiger partial charge in [-0.3, -0.25) is 0 Å². The van der Waals surface area contributed by atoms with Gasteiger partial charge < -0.3 is 10.2 Å². The first kappa shape index (κ1) is 13.9. The average molecular weight is 273 g/mol. The molecule has 1 saturated heterocycles. The molecule has 1 aliphatic carbocycles. The van der Waals surface area contributed by atoms with Crippen LogP contribution in [0.1, 0.15) is 51.5 Å². The topological polar surface area (TPSA) is 28.2 Å². The first-order valence-electron chi connectivity index (χ1n) is 8.19. The van der Waals surface area contributed by atoms with E-state index in [9.17, 15) is 0 Å². The van der Waals surface area contributed by atoms with Gasteiger partial charge in [-0.1, -0.05) is 32.8 Å². The lowest BCUT2D eigenvalue weighted by Gasteiger charge is -2.32. The fraction of sp³-hybridized carbons (Fsp3) is 0.706. The number of hydrogen-bond donors (Lipinski definition) is 1. The predicted octanol–water partition coefficient (Wildman–Crippen LogP) is 3.35. The van der Waals surface area contributed by atoms with Crippen molar-refractivity contribution in [1.29, 1.82) is 0 Å². The molecule has 1 aromatic rings. The highest BCUT2D eigenvalue weighted by Crippen LogP contribution is 2.38. The lowest BCUT2D eigenvalue weighted by molar-refractivity contribution is 0.341. The molecular formula is C17H27N3. The monoisotopic (exact) mass is 273 g/mol. The molecule has 1 N–H and O–H groups in total. The third-order valence-corrected chi connectivity index (χ3v) is 4.83. The second kappa shape index (κ2) is 6.13. The Balaban J connectivity index is 1.65. The quantitative estimate of drug-likeness (QED) is 0.912. The second-order valence-corrected chi connectivity index (χ2v) is 6.65. The maximum atomic E-state index is 4.72. The molecule has 0 radical (unpaired) electrons. The predicted molar refractivity (Wildman–Crippen MR) is 83.9 cm³/mol. The molecule has 3 heteroatoms. The Bertz CT molecular complexity index is 426. The van der Waals surface area contributed by atoms with E-state index in [1.807, 2.05) is 6.20 Å². The summed E-state index contributed by atoms with van der Waals surface area (Å²) in [6, 6.07) is 5.73. The first-order valence-corrected chi connectivity index (χ1v) is 8.19. The van der Waals surface area contributed by atoms with Crippen molar-refractivity contribution in [3.63, 3.8) is 0 Å². The third-order valence-electron chi connectivity index (χ3n) is 4.83. The van der Waals surface area contributed by atoms with E-state index in [0.717, 1.165) is 18.5 Å². The lowest BCUT2D eigenvalue weighted by Crippen LogP contribution is -2.35. The number of nitrogens with zero attached hydrogens (tertiary/aromatic N) is 2. The van der Waals surface area contributed by atoms with Gasteiger partial charge in [0.1, 0.15) is 5.82 Å². The summed E-state index contributed by atoms with van der Waals surface area (Å²) in [7, 11) is 0. The molecule has 110 valence electrons. The van der Waals surface area contributed by atoms with Crippen LogP contribution in [0.15, 0.2) is 18.3 Å². The average Bonchev–Trinajstić information content (AvgIpc) is 2.89. The van der Waals surface area contributed by atoms with E-state index in [4.69, 9.17) is 4.98 Å². The van der Waals surface area contributed by atoms with Gasteiger partial charge >= 0.3 is 0 Å². The number of fused-ring (bicyclic) bond motifs is 1. The van der Waals surface area contributed by atoms with Crippen LogP contribution in [-0.4, -0.2) is 23.6 Å². The van der Waals surface area contributed by atoms with Crippen LogP contribution < -0.4 is 10.2 Å². The number of rotatable bonds is 4. The van der Waals surface area contributed by atoms with Crippen LogP contribution >= 0.6 is 0 Å². The highest BCUT2D eigenvalue weighted by Gasteiger charge is 2.36. The smallest absolute Gasteiger partial charge is 0.128 e. The number of aromatic nitrogens is 1. The Hall–Kier alpha value is -1.09. The van der Waals surface area contributed by atoms with Crippen molar-refractivity contribution in [1.82, 2.24) is 10.3 Å². The summed E-state index contributed by atoms with van der Waals surface area (Å²) >= 11 is 0. The molecule has 1 saturated carbocycles. The summed E-state index contributed by atoms with van der Waals surface area (Å²) in [6.07, 6.45) is 9.03. The molecule has 2 unspecified atom stereocenters. The van der Waals surface area contributed by atoms with Gasteiger partial charge in [0.2, 0.25) is 0 Å². The van der Waals surface area contributed by atoms with Crippen molar-refractivity contribution < 1.29 is 0 Å². The maximum absolute atomic E-state index is 4.72. The van der Waals surface area contributed by atoms with E-state index in [1.54, 1.807) is 0 Å². The number of hydrogen-bond acceptors (Lipinski definition) is 3. The summed E-state index contributed by atoms with van der Waals surface area (Å²) in [6.45, 7) is 6.47. The molecular weight excluding hydrogens is 246 g/mol. The van der Waals surface area contributed by atoms with Crippen LogP contribution in [0.5, 0.6) is 0 Å². The molecule has 2 aliphatic rings. The fourth-order valence-electron chi connectivity index (χ4n) is 3.70. The zero-order valence-corrected chi connectivity index (χ0v) is 12.8. The minimum absolute atomic E-state index is 0.524. The minimum atomic E-state index is 0.524. The van der Waals surface area contributed by atoms with Crippen molar-refractivity contribution >= 4 is 5.82 Å². The zero-order chi connectivity index (χ0) is 13.9. The molecule has 0 aromatic carbocycles. The van der Waals surface area contributed by atoms with Crippen molar-refractivity contribution in [3.8, 4) is 0 Å². The highest BCUT2D eigenvalue weighted by atomic mass is 15.2. The van der Waals surface area contributed by atoms with Crippen molar-refractivity contribution in [2.75, 3.05) is 11.4 Å². The van der Waals surface area contributed by atoms with Crippen molar-refractivity contribution in [3.05, 3.63) is 23.9 Å². The van der Waals surface area contributed by atoms with Gasteiger partial charge in [-0.15, -0.1) is 0 Å². The summed E-state index contributed by atoms with van der Waals surface area (Å²) in [5, 5.41) is 3.44. The minimum Gasteiger partial charge on any atom is -0.353 e. The van der Waals surface area contributed by atoms with Crippen LogP contribution in [0.25, 0.3) is 0 Å². The van der Waals surface area contributed by atoms with Crippen molar-refractivity contribution in [2.24, 2.45) is 5.92 Å². The summed E-state index contributed by atoms with van der Waals surface area (Å²) in [5.41, 5.74) is 1.28. The van der Waals surface area contributed by atoms with Crippen LogP contribution in [0.4, 0.5) is 5.82 Å². The van der Waals surface area contributed by atoms with Crippen LogP contribution in [0, 0.1) is 5.92 Å². The molecule has 0 amide bonds. The molecule has 2 atom stereocenters. The summed E-state index contributed by atoms with van der Waals surface area (Å²) in [5.74, 6) is 2.11. The Morgan fingerprint density at radius 3 is 2.85 bits per heavy atom. The first-order chi connectivity index (χ1) is 9.74. The van der Waals surface area contributed by atoms with E-state index in [0.29, 0.717) is 6.04 Å². The fourth-order valence-corrected chi connectivity index (χ4v) is 3.70.